The van der Waals surface area contributed by atoms with Crippen molar-refractivity contribution in [1.82, 2.24) is 0 Å². The average molecular weight is 691 g/mol. The Bertz CT molecular complexity index is 1300. The van der Waals surface area contributed by atoms with Gasteiger partial charge in [-0.15, -0.1) is 0 Å². The molecule has 4 N–H and O–H groups in total. The van der Waals surface area contributed by atoms with E-state index in [-0.39, 0.29) is 24.2 Å². The highest BCUT2D eigenvalue weighted by molar-refractivity contribution is 5.90. The van der Waals surface area contributed by atoms with E-state index >= 15 is 0 Å². The summed E-state index contributed by atoms with van der Waals surface area (Å²) in [6, 6.07) is 0. The third-order valence-electron chi connectivity index (χ3n) is 9.91. The van der Waals surface area contributed by atoms with Gasteiger partial charge in [0.1, 0.15) is 18.3 Å². The fourth-order valence-corrected chi connectivity index (χ4v) is 6.79. The molecule has 0 saturated carbocycles. The van der Waals surface area contributed by atoms with Crippen LogP contribution in [0.4, 0.5) is 0 Å². The maximum Gasteiger partial charge on any atom is 0.334 e. The van der Waals surface area contributed by atoms with E-state index in [0.29, 0.717) is 24.5 Å². The van der Waals surface area contributed by atoms with Gasteiger partial charge in [-0.2, -0.15) is 0 Å². The fourth-order valence-electron chi connectivity index (χ4n) is 6.79. The van der Waals surface area contributed by atoms with E-state index in [4.69, 9.17) is 24.1 Å². The molecule has 0 spiro atoms. The van der Waals surface area contributed by atoms with Crippen LogP contribution in [0.5, 0.6) is 0 Å². The lowest BCUT2D eigenvalue weighted by atomic mass is 9.77. The largest absolute Gasteiger partial charge is 0.478 e. The van der Waals surface area contributed by atoms with E-state index in [2.05, 4.69) is 0 Å². The molecule has 11 heteroatoms. The summed E-state index contributed by atoms with van der Waals surface area (Å²) < 4.78 is 23.6. The van der Waals surface area contributed by atoms with Crippen LogP contribution in [-0.2, 0) is 33.3 Å². The number of aliphatic hydroxyl groups excluding tert-OH is 2. The highest BCUT2D eigenvalue weighted by atomic mass is 16.6. The summed E-state index contributed by atoms with van der Waals surface area (Å²) >= 11 is 0. The van der Waals surface area contributed by atoms with Crippen molar-refractivity contribution in [1.29, 1.82) is 0 Å². The molecule has 0 unspecified atom stereocenters. The van der Waals surface area contributed by atoms with Gasteiger partial charge in [0.15, 0.2) is 5.79 Å². The maximum atomic E-state index is 13.5. The monoisotopic (exact) mass is 690 g/mol. The molecule has 11 nitrogen and oxygen atoms in total. The number of carboxylic acids is 1. The molecule has 2 heterocycles. The maximum absolute atomic E-state index is 13.5. The zero-order valence-electron chi connectivity index (χ0n) is 30.7. The second kappa shape index (κ2) is 18.8. The van der Waals surface area contributed by atoms with Gasteiger partial charge in [0.25, 0.3) is 0 Å². The normalized spacial score (nSPS) is 38.1. The Hall–Kier alpha value is -3.09. The van der Waals surface area contributed by atoms with E-state index in [9.17, 15) is 29.7 Å². The lowest BCUT2D eigenvalue weighted by Gasteiger charge is -2.49. The van der Waals surface area contributed by atoms with Crippen molar-refractivity contribution in [2.75, 3.05) is 7.11 Å². The third kappa shape index (κ3) is 11.7. The number of carbonyl (C=O) groups is 3. The molecule has 2 aliphatic rings. The number of allylic oxidation sites excluding steroid dienone is 5. The minimum atomic E-state index is -1.95. The van der Waals surface area contributed by atoms with Gasteiger partial charge in [0.2, 0.25) is 0 Å². The first-order chi connectivity index (χ1) is 22.8. The lowest BCUT2D eigenvalue weighted by molar-refractivity contribution is -0.323. The number of hydrogen-bond acceptors (Lipinski definition) is 10. The number of carbonyl (C=O) groups excluding carboxylic acids is 2. The minimum absolute atomic E-state index is 0.0123. The molecule has 0 aliphatic carbocycles. The van der Waals surface area contributed by atoms with Gasteiger partial charge in [-0.25, -0.2) is 14.4 Å². The molecule has 276 valence electrons. The van der Waals surface area contributed by atoms with Gasteiger partial charge >= 0.3 is 17.9 Å². The fraction of sp³-hybridized carbons (Fsp3) is 0.658. The number of rotatable bonds is 9. The number of ether oxygens (including phenoxy) is 4. The van der Waals surface area contributed by atoms with Gasteiger partial charge in [-0.3, -0.25) is 0 Å². The van der Waals surface area contributed by atoms with Crippen LogP contribution < -0.4 is 0 Å². The Balaban J connectivity index is 2.48. The quantitative estimate of drug-likeness (QED) is 0.189. The Labute approximate surface area is 291 Å². The first-order valence-corrected chi connectivity index (χ1v) is 17.2. The Kier molecular flexibility index (Phi) is 16.1. The summed E-state index contributed by atoms with van der Waals surface area (Å²) in [6.07, 6.45) is 6.52. The summed E-state index contributed by atoms with van der Waals surface area (Å²) in [5, 5.41) is 43.5. The number of cyclic esters (lactones) is 1. The van der Waals surface area contributed by atoms with Crippen molar-refractivity contribution in [3.8, 4) is 0 Å². The van der Waals surface area contributed by atoms with Gasteiger partial charge in [0.05, 0.1) is 18.3 Å². The first-order valence-electron chi connectivity index (χ1n) is 17.2. The van der Waals surface area contributed by atoms with Crippen molar-refractivity contribution in [3.05, 3.63) is 59.3 Å². The van der Waals surface area contributed by atoms with Crippen molar-refractivity contribution in [2.24, 2.45) is 29.6 Å². The molecule has 0 aromatic carbocycles. The number of aliphatic hydroxyl groups is 3. The lowest BCUT2D eigenvalue weighted by Crippen LogP contribution is -2.58. The number of carboxylic acid groups (broad SMARTS) is 1. The molecule has 0 radical (unpaired) electrons. The highest BCUT2D eigenvalue weighted by Crippen LogP contribution is 2.41. The number of hydrogen-bond donors (Lipinski definition) is 4. The molecule has 2 aliphatic heterocycles. The van der Waals surface area contributed by atoms with Crippen LogP contribution >= 0.6 is 0 Å². The van der Waals surface area contributed by atoms with Crippen LogP contribution in [0.2, 0.25) is 0 Å². The number of aliphatic carboxylic acids is 1. The Morgan fingerprint density at radius 3 is 2.39 bits per heavy atom. The number of esters is 2. The predicted octanol–water partition coefficient (Wildman–Crippen LogP) is 5.05. The second-order valence-corrected chi connectivity index (χ2v) is 14.0. The Morgan fingerprint density at radius 1 is 1.14 bits per heavy atom. The van der Waals surface area contributed by atoms with Crippen LogP contribution in [0.25, 0.3) is 0 Å². The number of methoxy groups -OCH3 is 1. The smallest absolute Gasteiger partial charge is 0.334 e. The standard InChI is InChI=1S/C38H58O11/c1-11-29-26(7)31(47-33(41)16-15-32(39)40)20-38(45,49-29)28(9)35(43)27(8)36-30(46-10)14-12-13-21(2)17-23(4)34(42)24(5)18-22(3)19-25(6)37(44)48-36/h12-16,18-19,23-24,26-31,34-36,42-43,45H,11,17,20H2,1-10H3,(H,39,40)/b14-12+,16-15+,21-13-,22-18+,25-19+/t23-,24+,26-,27-,28-,29+,30-,31+,34-,35+,36+,38+/m0/s1. The summed E-state index contributed by atoms with van der Waals surface area (Å²) in [5.41, 5.74) is 2.15. The SMILES string of the molecule is CC[C@H]1O[C@@](O)([C@@H](C)[C@H](O)[C@H](C)[C@H]2OC(=O)/C(C)=C/C(C)=C/[C@@H](C)[C@@H](O)[C@@H](C)C/C(C)=C\C=C\[C@@H]2OC)C[C@@H](OC(=O)/C=C/C(=O)O)[C@H]1C. The minimum Gasteiger partial charge on any atom is -0.478 e. The third-order valence-corrected chi connectivity index (χ3v) is 9.91. The van der Waals surface area contributed by atoms with E-state index in [1.54, 1.807) is 39.0 Å². The van der Waals surface area contributed by atoms with E-state index in [1.807, 2.05) is 53.7 Å². The van der Waals surface area contributed by atoms with Crippen molar-refractivity contribution in [3.63, 3.8) is 0 Å². The van der Waals surface area contributed by atoms with Crippen LogP contribution in [-0.4, -0.2) is 87.9 Å². The predicted molar refractivity (Wildman–Crippen MR) is 185 cm³/mol. The van der Waals surface area contributed by atoms with Crippen molar-refractivity contribution >= 4 is 17.9 Å². The molecule has 12 atom stereocenters. The summed E-state index contributed by atoms with van der Waals surface area (Å²) in [5.74, 6) is -6.97. The topological polar surface area (TPSA) is 169 Å². The molecule has 0 bridgehead atoms. The molecule has 0 amide bonds. The van der Waals surface area contributed by atoms with Crippen LogP contribution in [0, 0.1) is 29.6 Å². The summed E-state index contributed by atoms with van der Waals surface area (Å²) in [7, 11) is 1.48. The zero-order chi connectivity index (χ0) is 37.2. The zero-order valence-corrected chi connectivity index (χ0v) is 30.7. The molecule has 1 saturated heterocycles. The molecule has 0 aromatic heterocycles. The van der Waals surface area contributed by atoms with E-state index < -0.39 is 72.2 Å². The van der Waals surface area contributed by atoms with Gasteiger partial charge in [0, 0.05) is 54.9 Å². The molecular weight excluding hydrogens is 632 g/mol. The van der Waals surface area contributed by atoms with Crippen molar-refractivity contribution < 1.29 is 53.8 Å². The summed E-state index contributed by atoms with van der Waals surface area (Å²) in [6.45, 7) is 16.4. The van der Waals surface area contributed by atoms with Crippen LogP contribution in [0.1, 0.15) is 81.6 Å². The van der Waals surface area contributed by atoms with Gasteiger partial charge in [-0.1, -0.05) is 77.0 Å². The molecular formula is C38H58O11. The highest BCUT2D eigenvalue weighted by Gasteiger charge is 2.52. The molecule has 1 fully saturated rings. The summed E-state index contributed by atoms with van der Waals surface area (Å²) in [4.78, 5) is 36.8. The van der Waals surface area contributed by atoms with E-state index in [0.717, 1.165) is 17.2 Å². The second-order valence-electron chi connectivity index (χ2n) is 14.0. The van der Waals surface area contributed by atoms with E-state index in [1.165, 1.54) is 7.11 Å². The molecule has 2 rings (SSSR count). The average Bonchev–Trinajstić information content (AvgIpc) is 3.04. The van der Waals surface area contributed by atoms with Crippen molar-refractivity contribution in [2.45, 2.75) is 124 Å². The first kappa shape index (κ1) is 42.1. The Morgan fingerprint density at radius 2 is 1.80 bits per heavy atom. The molecule has 0 aromatic rings. The van der Waals surface area contributed by atoms with Gasteiger partial charge < -0.3 is 39.4 Å². The molecule has 49 heavy (non-hydrogen) atoms. The van der Waals surface area contributed by atoms with Gasteiger partial charge in [-0.05, 0) is 45.6 Å². The van der Waals surface area contributed by atoms with Crippen LogP contribution in [0.3, 0.4) is 0 Å². The van der Waals surface area contributed by atoms with Crippen LogP contribution in [0.15, 0.2) is 59.3 Å².